The van der Waals surface area contributed by atoms with Crippen molar-refractivity contribution in [3.8, 4) is 0 Å². The van der Waals surface area contributed by atoms with Crippen molar-refractivity contribution in [2.75, 3.05) is 7.05 Å². The number of hydrogen-bond acceptors (Lipinski definition) is 2. The topological polar surface area (TPSA) is 44.9 Å². The van der Waals surface area contributed by atoms with Crippen LogP contribution in [0.25, 0.3) is 16.5 Å². The number of nitrogens with one attached hydrogen (secondary N) is 2. The van der Waals surface area contributed by atoms with Gasteiger partial charge in [0.25, 0.3) is 0 Å². The number of rotatable bonds is 4. The van der Waals surface area contributed by atoms with Gasteiger partial charge in [0.05, 0.1) is 0 Å². The quantitative estimate of drug-likeness (QED) is 0.772. The van der Waals surface area contributed by atoms with Crippen molar-refractivity contribution >= 4 is 22.8 Å². The Morgan fingerprint density at radius 1 is 1.29 bits per heavy atom. The minimum atomic E-state index is 0.347. The molecule has 0 aliphatic heterocycles. The van der Waals surface area contributed by atoms with Crippen LogP contribution in [-0.4, -0.2) is 18.3 Å². The molecular formula is C21H26N2O. The zero-order valence-electron chi connectivity index (χ0n) is 15.0. The predicted octanol–water partition coefficient (Wildman–Crippen LogP) is 5.07. The normalized spacial score (nSPS) is 18.1. The summed E-state index contributed by atoms with van der Waals surface area (Å²) < 4.78 is 0. The van der Waals surface area contributed by atoms with Crippen LogP contribution >= 0.6 is 0 Å². The highest BCUT2D eigenvalue weighted by Gasteiger charge is 2.28. The van der Waals surface area contributed by atoms with E-state index in [1.165, 1.54) is 23.3 Å². The molecule has 0 amide bonds. The number of carbonyl (C=O) groups excluding carboxylic acids is 1. The fraction of sp³-hybridized carbons (Fsp3) is 0.381. The monoisotopic (exact) mass is 322 g/mol. The van der Waals surface area contributed by atoms with Crippen LogP contribution in [0.1, 0.15) is 56.1 Å². The Morgan fingerprint density at radius 3 is 2.75 bits per heavy atom. The zero-order valence-corrected chi connectivity index (χ0v) is 15.0. The molecule has 1 aliphatic carbocycles. The summed E-state index contributed by atoms with van der Waals surface area (Å²) in [5.41, 5.74) is 7.26. The third-order valence-electron chi connectivity index (χ3n) is 5.06. The van der Waals surface area contributed by atoms with E-state index in [0.717, 1.165) is 35.7 Å². The van der Waals surface area contributed by atoms with Crippen LogP contribution in [0, 0.1) is 5.41 Å². The van der Waals surface area contributed by atoms with Gasteiger partial charge in [0.15, 0.2) is 0 Å². The molecule has 24 heavy (non-hydrogen) atoms. The van der Waals surface area contributed by atoms with Gasteiger partial charge in [-0.15, -0.1) is 0 Å². The molecule has 0 saturated heterocycles. The van der Waals surface area contributed by atoms with E-state index in [0.29, 0.717) is 11.0 Å². The summed E-state index contributed by atoms with van der Waals surface area (Å²) in [6.45, 7) is 6.76. The highest BCUT2D eigenvalue weighted by Crippen LogP contribution is 2.42. The lowest BCUT2D eigenvalue weighted by molar-refractivity contribution is 0.112. The first kappa shape index (κ1) is 16.6. The van der Waals surface area contributed by atoms with Crippen molar-refractivity contribution in [3.05, 3.63) is 52.9 Å². The molecular weight excluding hydrogens is 296 g/mol. The molecule has 0 spiro atoms. The van der Waals surface area contributed by atoms with Crippen LogP contribution < -0.4 is 5.32 Å². The lowest BCUT2D eigenvalue weighted by Gasteiger charge is -2.34. The second-order valence-electron chi connectivity index (χ2n) is 7.40. The molecule has 3 rings (SSSR count). The third kappa shape index (κ3) is 3.03. The van der Waals surface area contributed by atoms with Gasteiger partial charge in [-0.05, 0) is 67.0 Å². The molecule has 2 N–H and O–H groups in total. The lowest BCUT2D eigenvalue weighted by atomic mass is 9.74. The van der Waals surface area contributed by atoms with E-state index in [2.05, 4.69) is 43.2 Å². The number of aromatic amines is 1. The highest BCUT2D eigenvalue weighted by molar-refractivity contribution is 5.92. The first-order valence-electron chi connectivity index (χ1n) is 8.62. The summed E-state index contributed by atoms with van der Waals surface area (Å²) in [4.78, 5) is 14.5. The molecule has 0 radical (unpaired) electrons. The first-order valence-corrected chi connectivity index (χ1v) is 8.62. The average Bonchev–Trinajstić information content (AvgIpc) is 2.98. The Hall–Kier alpha value is -2.29. The van der Waals surface area contributed by atoms with Crippen molar-refractivity contribution in [2.24, 2.45) is 5.41 Å². The molecule has 1 aromatic carbocycles. The largest absolute Gasteiger partial charge is 0.391 e. The van der Waals surface area contributed by atoms with Crippen molar-refractivity contribution < 1.29 is 4.79 Å². The maximum atomic E-state index is 11.0. The van der Waals surface area contributed by atoms with E-state index in [9.17, 15) is 4.79 Å². The van der Waals surface area contributed by atoms with E-state index in [1.807, 2.05) is 25.2 Å². The standard InChI is InChI=1S/C21H26N2O/c1-5-16(17-8-9-21(2,3)12-20(17)22-4)19-11-15-10-14(13-24)6-7-18(15)23-19/h5-7,10-11,13,22-23H,8-9,12H2,1-4H3/b16-5-. The van der Waals surface area contributed by atoms with Gasteiger partial charge in [-0.25, -0.2) is 0 Å². The molecule has 0 atom stereocenters. The number of H-pyrrole nitrogens is 1. The second kappa shape index (κ2) is 6.31. The molecule has 3 heteroatoms. The van der Waals surface area contributed by atoms with Gasteiger partial charge in [0.2, 0.25) is 0 Å². The molecule has 126 valence electrons. The number of allylic oxidation sites excluding steroid dienone is 4. The molecule has 1 heterocycles. The summed E-state index contributed by atoms with van der Waals surface area (Å²) >= 11 is 0. The van der Waals surface area contributed by atoms with E-state index >= 15 is 0 Å². The summed E-state index contributed by atoms with van der Waals surface area (Å²) in [7, 11) is 2.02. The molecule has 2 aromatic rings. The number of aromatic nitrogens is 1. The fourth-order valence-corrected chi connectivity index (χ4v) is 3.69. The van der Waals surface area contributed by atoms with Gasteiger partial charge >= 0.3 is 0 Å². The number of carbonyl (C=O) groups is 1. The fourth-order valence-electron chi connectivity index (χ4n) is 3.69. The smallest absolute Gasteiger partial charge is 0.150 e. The highest BCUT2D eigenvalue weighted by atomic mass is 16.1. The summed E-state index contributed by atoms with van der Waals surface area (Å²) in [6, 6.07) is 7.92. The lowest BCUT2D eigenvalue weighted by Crippen LogP contribution is -2.24. The van der Waals surface area contributed by atoms with Crippen molar-refractivity contribution in [1.82, 2.24) is 10.3 Å². The van der Waals surface area contributed by atoms with Crippen LogP contribution in [0.4, 0.5) is 0 Å². The van der Waals surface area contributed by atoms with Gasteiger partial charge in [-0.3, -0.25) is 4.79 Å². The molecule has 0 fully saturated rings. The van der Waals surface area contributed by atoms with Crippen LogP contribution in [0.5, 0.6) is 0 Å². The summed E-state index contributed by atoms with van der Waals surface area (Å²) in [5.74, 6) is 0. The second-order valence-corrected chi connectivity index (χ2v) is 7.40. The number of fused-ring (bicyclic) bond motifs is 1. The van der Waals surface area contributed by atoms with Gasteiger partial charge in [0.1, 0.15) is 6.29 Å². The summed E-state index contributed by atoms with van der Waals surface area (Å²) in [6.07, 6.45) is 6.44. The van der Waals surface area contributed by atoms with E-state index in [-0.39, 0.29) is 0 Å². The predicted molar refractivity (Wildman–Crippen MR) is 101 cm³/mol. The van der Waals surface area contributed by atoms with Gasteiger partial charge in [-0.2, -0.15) is 0 Å². The Balaban J connectivity index is 2.06. The Kier molecular flexibility index (Phi) is 4.35. The van der Waals surface area contributed by atoms with Crippen LogP contribution in [0.3, 0.4) is 0 Å². The molecule has 0 unspecified atom stereocenters. The Bertz CT molecular complexity index is 837. The zero-order chi connectivity index (χ0) is 17.3. The summed E-state index contributed by atoms with van der Waals surface area (Å²) in [5, 5.41) is 4.51. The van der Waals surface area contributed by atoms with Crippen molar-refractivity contribution in [1.29, 1.82) is 0 Å². The number of hydrogen-bond donors (Lipinski definition) is 2. The number of benzene rings is 1. The van der Waals surface area contributed by atoms with Crippen LogP contribution in [0.15, 0.2) is 41.6 Å². The average molecular weight is 322 g/mol. The maximum Gasteiger partial charge on any atom is 0.150 e. The van der Waals surface area contributed by atoms with Crippen LogP contribution in [0.2, 0.25) is 0 Å². The molecule has 1 aliphatic rings. The molecule has 0 bridgehead atoms. The van der Waals surface area contributed by atoms with Crippen molar-refractivity contribution in [2.45, 2.75) is 40.0 Å². The molecule has 0 saturated carbocycles. The van der Waals surface area contributed by atoms with E-state index in [1.54, 1.807) is 0 Å². The molecule has 3 nitrogen and oxygen atoms in total. The Morgan fingerprint density at radius 2 is 2.08 bits per heavy atom. The van der Waals surface area contributed by atoms with Gasteiger partial charge in [0, 0.05) is 34.9 Å². The van der Waals surface area contributed by atoms with Gasteiger partial charge < -0.3 is 10.3 Å². The van der Waals surface area contributed by atoms with E-state index < -0.39 is 0 Å². The minimum Gasteiger partial charge on any atom is -0.391 e. The third-order valence-corrected chi connectivity index (χ3v) is 5.06. The minimum absolute atomic E-state index is 0.347. The van der Waals surface area contributed by atoms with E-state index in [4.69, 9.17) is 0 Å². The van der Waals surface area contributed by atoms with Crippen molar-refractivity contribution in [3.63, 3.8) is 0 Å². The SMILES string of the molecule is C/C=C(/C1=C(NC)CC(C)(C)CC1)c1cc2cc(C=O)ccc2[nH]1. The Labute approximate surface area is 143 Å². The van der Waals surface area contributed by atoms with Crippen LogP contribution in [-0.2, 0) is 0 Å². The first-order chi connectivity index (χ1) is 11.5. The maximum absolute atomic E-state index is 11.0. The number of aldehydes is 1. The van der Waals surface area contributed by atoms with Gasteiger partial charge in [-0.1, -0.05) is 19.9 Å². The molecule has 1 aromatic heterocycles.